The van der Waals surface area contributed by atoms with Crippen molar-refractivity contribution in [3.8, 4) is 17.2 Å². The number of amides is 1. The average Bonchev–Trinajstić information content (AvgIpc) is 2.53. The number of hydrogen-bond acceptors (Lipinski definition) is 5. The van der Waals surface area contributed by atoms with Gasteiger partial charge in [0.15, 0.2) is 11.5 Å². The molecule has 0 atom stereocenters. The van der Waals surface area contributed by atoms with Crippen LogP contribution in [0.5, 0.6) is 17.2 Å². The van der Waals surface area contributed by atoms with Gasteiger partial charge in [0.05, 0.1) is 14.2 Å². The summed E-state index contributed by atoms with van der Waals surface area (Å²) in [5, 5.41) is 5.87. The second-order valence-corrected chi connectivity index (χ2v) is 4.59. The monoisotopic (exact) mass is 368 g/mol. The molecule has 138 valence electrons. The van der Waals surface area contributed by atoms with E-state index in [4.69, 9.17) is 9.47 Å². The van der Waals surface area contributed by atoms with Crippen molar-refractivity contribution in [2.75, 3.05) is 33.9 Å². The Labute approximate surface area is 146 Å². The first kappa shape index (κ1) is 22.2. The molecular weight excluding hydrogens is 346 g/mol. The van der Waals surface area contributed by atoms with Crippen LogP contribution in [0.4, 0.5) is 8.78 Å². The molecule has 0 fully saturated rings. The summed E-state index contributed by atoms with van der Waals surface area (Å²) >= 11 is 0. The Balaban J connectivity index is 0.00000529. The fourth-order valence-electron chi connectivity index (χ4n) is 1.88. The van der Waals surface area contributed by atoms with Gasteiger partial charge < -0.3 is 24.8 Å². The van der Waals surface area contributed by atoms with Crippen LogP contribution in [0.2, 0.25) is 0 Å². The molecule has 6 nitrogen and oxygen atoms in total. The highest BCUT2D eigenvalue weighted by molar-refractivity contribution is 5.95. The van der Waals surface area contributed by atoms with E-state index < -0.39 is 6.61 Å². The molecule has 0 aliphatic heterocycles. The van der Waals surface area contributed by atoms with E-state index in [1.807, 2.05) is 6.92 Å². The first-order chi connectivity index (χ1) is 11.0. The minimum absolute atomic E-state index is 0. The number of methoxy groups -OCH3 is 2. The lowest BCUT2D eigenvalue weighted by Crippen LogP contribution is -2.32. The molecule has 0 heterocycles. The van der Waals surface area contributed by atoms with Gasteiger partial charge in [0, 0.05) is 18.7 Å². The normalized spacial score (nSPS) is 10.1. The van der Waals surface area contributed by atoms with E-state index in [0.29, 0.717) is 13.1 Å². The molecule has 1 aromatic carbocycles. The third-order valence-corrected chi connectivity index (χ3v) is 2.94. The van der Waals surface area contributed by atoms with Gasteiger partial charge in [-0.3, -0.25) is 4.79 Å². The van der Waals surface area contributed by atoms with Crippen LogP contribution in [0.1, 0.15) is 23.7 Å². The number of carbonyl (C=O) groups is 1. The smallest absolute Gasteiger partial charge is 0.387 e. The van der Waals surface area contributed by atoms with E-state index in [0.717, 1.165) is 13.0 Å². The number of benzene rings is 1. The molecule has 0 unspecified atom stereocenters. The Morgan fingerprint density at radius 2 is 1.71 bits per heavy atom. The molecule has 1 aromatic rings. The minimum atomic E-state index is -3.03. The van der Waals surface area contributed by atoms with Gasteiger partial charge in [-0.05, 0) is 25.1 Å². The van der Waals surface area contributed by atoms with Crippen molar-refractivity contribution in [2.24, 2.45) is 0 Å². The predicted octanol–water partition coefficient (Wildman–Crippen LogP) is 2.46. The maximum absolute atomic E-state index is 12.5. The van der Waals surface area contributed by atoms with E-state index in [9.17, 15) is 13.6 Å². The van der Waals surface area contributed by atoms with E-state index in [2.05, 4.69) is 15.4 Å². The van der Waals surface area contributed by atoms with Crippen LogP contribution in [0, 0.1) is 0 Å². The van der Waals surface area contributed by atoms with Gasteiger partial charge in [-0.2, -0.15) is 8.78 Å². The molecule has 1 amide bonds. The van der Waals surface area contributed by atoms with Crippen LogP contribution in [0.25, 0.3) is 0 Å². The first-order valence-corrected chi connectivity index (χ1v) is 7.23. The Kier molecular flexibility index (Phi) is 10.8. The number of nitrogens with one attached hydrogen (secondary N) is 2. The second-order valence-electron chi connectivity index (χ2n) is 4.59. The molecule has 0 saturated carbocycles. The number of ether oxygens (including phenoxy) is 3. The van der Waals surface area contributed by atoms with E-state index >= 15 is 0 Å². The molecule has 1 rings (SSSR count). The zero-order chi connectivity index (χ0) is 17.2. The number of hydrogen-bond donors (Lipinski definition) is 2. The molecule has 0 saturated heterocycles. The quantitative estimate of drug-likeness (QED) is 0.621. The van der Waals surface area contributed by atoms with E-state index in [1.54, 1.807) is 0 Å². The molecule has 24 heavy (non-hydrogen) atoms. The summed E-state index contributed by atoms with van der Waals surface area (Å²) in [7, 11) is 2.59. The molecule has 2 N–H and O–H groups in total. The van der Waals surface area contributed by atoms with Crippen LogP contribution in [0.3, 0.4) is 0 Å². The largest absolute Gasteiger partial charge is 0.493 e. The number of alkyl halides is 2. The van der Waals surface area contributed by atoms with Gasteiger partial charge in [-0.25, -0.2) is 0 Å². The lowest BCUT2D eigenvalue weighted by atomic mass is 10.1. The van der Waals surface area contributed by atoms with Gasteiger partial charge in [-0.1, -0.05) is 6.92 Å². The fourth-order valence-corrected chi connectivity index (χ4v) is 1.88. The molecule has 9 heteroatoms. The summed E-state index contributed by atoms with van der Waals surface area (Å²) in [6.45, 7) is 0.978. The Morgan fingerprint density at radius 1 is 1.12 bits per heavy atom. The Morgan fingerprint density at radius 3 is 2.17 bits per heavy atom. The lowest BCUT2D eigenvalue weighted by Gasteiger charge is -2.15. The van der Waals surface area contributed by atoms with Crippen molar-refractivity contribution in [2.45, 2.75) is 20.0 Å². The Hall–Kier alpha value is -1.80. The van der Waals surface area contributed by atoms with Crippen LogP contribution in [-0.2, 0) is 0 Å². The zero-order valence-corrected chi connectivity index (χ0v) is 14.7. The molecular formula is C15H23ClF2N2O4. The summed E-state index contributed by atoms with van der Waals surface area (Å²) in [5.74, 6) is -0.604. The number of rotatable bonds is 10. The summed E-state index contributed by atoms with van der Waals surface area (Å²) in [6, 6.07) is 2.66. The fraction of sp³-hybridized carbons (Fsp3) is 0.533. The number of carbonyl (C=O) groups excluding carboxylic acids is 1. The highest BCUT2D eigenvalue weighted by atomic mass is 35.5. The second kappa shape index (κ2) is 11.7. The topological polar surface area (TPSA) is 68.8 Å². The first-order valence-electron chi connectivity index (χ1n) is 7.23. The molecule has 0 aliphatic carbocycles. The summed E-state index contributed by atoms with van der Waals surface area (Å²) in [4.78, 5) is 12.1. The maximum Gasteiger partial charge on any atom is 0.387 e. The van der Waals surface area contributed by atoms with E-state index in [1.165, 1.54) is 26.4 Å². The minimum Gasteiger partial charge on any atom is -0.493 e. The third kappa shape index (κ3) is 6.76. The highest BCUT2D eigenvalue weighted by Gasteiger charge is 2.20. The van der Waals surface area contributed by atoms with E-state index in [-0.39, 0.29) is 41.1 Å². The highest BCUT2D eigenvalue weighted by Crippen LogP contribution is 2.39. The van der Waals surface area contributed by atoms with Gasteiger partial charge in [0.1, 0.15) is 0 Å². The van der Waals surface area contributed by atoms with Crippen molar-refractivity contribution in [1.29, 1.82) is 0 Å². The summed E-state index contributed by atoms with van der Waals surface area (Å²) in [5.41, 5.74) is 0.232. The molecule has 0 spiro atoms. The standard InChI is InChI=1S/C15H22F2N2O4.ClH/c1-4-5-18-6-7-19-14(20)10-8-11(21-2)13(23-15(16)17)12(9-10)22-3;/h8-9,15,18H,4-7H2,1-3H3,(H,19,20);1H. The van der Waals surface area contributed by atoms with Crippen LogP contribution < -0.4 is 24.8 Å². The SMILES string of the molecule is CCCNCCNC(=O)c1cc(OC)c(OC(F)F)c(OC)c1.Cl. The lowest BCUT2D eigenvalue weighted by molar-refractivity contribution is -0.0526. The summed E-state index contributed by atoms with van der Waals surface area (Å²) in [6.07, 6.45) is 1.01. The molecule has 0 aromatic heterocycles. The van der Waals surface area contributed by atoms with Crippen LogP contribution in [0.15, 0.2) is 12.1 Å². The van der Waals surface area contributed by atoms with Crippen molar-refractivity contribution in [1.82, 2.24) is 10.6 Å². The van der Waals surface area contributed by atoms with Crippen LogP contribution >= 0.6 is 12.4 Å². The summed E-state index contributed by atoms with van der Waals surface area (Å²) < 4.78 is 39.3. The van der Waals surface area contributed by atoms with Crippen molar-refractivity contribution in [3.63, 3.8) is 0 Å². The van der Waals surface area contributed by atoms with Gasteiger partial charge >= 0.3 is 6.61 Å². The maximum atomic E-state index is 12.5. The molecule has 0 bridgehead atoms. The zero-order valence-electron chi connectivity index (χ0n) is 13.9. The number of halogens is 3. The van der Waals surface area contributed by atoms with Crippen molar-refractivity contribution >= 4 is 18.3 Å². The van der Waals surface area contributed by atoms with Crippen molar-refractivity contribution < 1.29 is 27.8 Å². The molecule has 0 aliphatic rings. The predicted molar refractivity (Wildman–Crippen MR) is 88.9 cm³/mol. The van der Waals surface area contributed by atoms with Gasteiger partial charge in [0.25, 0.3) is 5.91 Å². The Bertz CT molecular complexity index is 493. The average molecular weight is 369 g/mol. The van der Waals surface area contributed by atoms with Gasteiger partial charge in [0.2, 0.25) is 5.75 Å². The third-order valence-electron chi connectivity index (χ3n) is 2.94. The molecule has 0 radical (unpaired) electrons. The van der Waals surface area contributed by atoms with Gasteiger partial charge in [-0.15, -0.1) is 12.4 Å². The van der Waals surface area contributed by atoms with Crippen LogP contribution in [-0.4, -0.2) is 46.4 Å². The van der Waals surface area contributed by atoms with Crippen molar-refractivity contribution in [3.05, 3.63) is 17.7 Å².